The van der Waals surface area contributed by atoms with Crippen LogP contribution in [0.5, 0.6) is 5.75 Å². The third-order valence-corrected chi connectivity index (χ3v) is 10.6. The topological polar surface area (TPSA) is 200 Å². The first-order valence-corrected chi connectivity index (χ1v) is 19.6. The Bertz CT molecular complexity index is 2290. The molecule has 0 amide bonds. The van der Waals surface area contributed by atoms with Crippen LogP contribution in [0.4, 0.5) is 5.69 Å². The Morgan fingerprint density at radius 3 is 1.83 bits per heavy atom. The molecule has 0 saturated carbocycles. The van der Waals surface area contributed by atoms with Gasteiger partial charge in [-0.3, -0.25) is 18.9 Å². The van der Waals surface area contributed by atoms with Gasteiger partial charge < -0.3 is 20.7 Å². The van der Waals surface area contributed by atoms with Gasteiger partial charge >= 0.3 is 0 Å². The summed E-state index contributed by atoms with van der Waals surface area (Å²) in [5.74, 6) is 3.77. The van der Waals surface area contributed by atoms with Crippen LogP contribution in [0.2, 0.25) is 10.0 Å². The predicted molar refractivity (Wildman–Crippen MR) is 200 cm³/mol. The number of nitrogens with zero attached hydrogens (tertiary/aromatic N) is 3. The molecule has 280 valence electrons. The lowest BCUT2D eigenvalue weighted by Crippen LogP contribution is -2.45. The minimum absolute atomic E-state index is 0.00307. The second kappa shape index (κ2) is 17.1. The maximum Gasteiger partial charge on any atom is 0.294 e. The fourth-order valence-electron chi connectivity index (χ4n) is 5.80. The van der Waals surface area contributed by atoms with Crippen molar-refractivity contribution in [2.45, 2.75) is 22.9 Å². The first-order chi connectivity index (χ1) is 25.1. The highest BCUT2D eigenvalue weighted by atomic mass is 35.5. The number of hydrogen-bond acceptors (Lipinski definition) is 12. The van der Waals surface area contributed by atoms with Crippen LogP contribution in [-0.2, 0) is 42.9 Å². The molecular weight excluding hydrogens is 769 g/mol. The second-order valence-electron chi connectivity index (χ2n) is 12.2. The van der Waals surface area contributed by atoms with Crippen LogP contribution in [0.15, 0.2) is 94.0 Å². The Labute approximate surface area is 316 Å². The lowest BCUT2D eigenvalue weighted by molar-refractivity contribution is 0.102. The smallest absolute Gasteiger partial charge is 0.294 e. The van der Waals surface area contributed by atoms with E-state index in [4.69, 9.17) is 33.7 Å². The van der Waals surface area contributed by atoms with Crippen LogP contribution in [0.3, 0.4) is 0 Å². The third kappa shape index (κ3) is 10.8. The number of anilines is 1. The molecule has 0 unspecified atom stereocenters. The molecule has 2 saturated heterocycles. The van der Waals surface area contributed by atoms with Gasteiger partial charge in [-0.2, -0.15) is 16.8 Å². The molecule has 0 radical (unpaired) electrons. The number of nitrogens with two attached hydrogens (primary N) is 1. The van der Waals surface area contributed by atoms with Gasteiger partial charge in [-0.15, -0.1) is 0 Å². The normalized spacial score (nSPS) is 15.6. The van der Waals surface area contributed by atoms with Crippen molar-refractivity contribution in [3.8, 4) is 5.75 Å². The fourth-order valence-corrected chi connectivity index (χ4v) is 7.13. The quantitative estimate of drug-likeness (QED) is 0.108. The van der Waals surface area contributed by atoms with Gasteiger partial charge in [0.2, 0.25) is 0 Å². The van der Waals surface area contributed by atoms with E-state index in [0.717, 1.165) is 54.5 Å². The van der Waals surface area contributed by atoms with Gasteiger partial charge in [-0.25, -0.2) is 9.59 Å². The highest BCUT2D eigenvalue weighted by Crippen LogP contribution is 2.36. The molecule has 4 aromatic carbocycles. The number of benzene rings is 4. The van der Waals surface area contributed by atoms with Crippen LogP contribution in [0, 0.1) is 0 Å². The molecule has 0 bridgehead atoms. The van der Waals surface area contributed by atoms with Gasteiger partial charge in [0.1, 0.15) is 29.0 Å². The van der Waals surface area contributed by atoms with Crippen molar-refractivity contribution >= 4 is 71.8 Å². The molecule has 14 nitrogen and oxygen atoms in total. The summed E-state index contributed by atoms with van der Waals surface area (Å²) in [6.07, 6.45) is 0. The van der Waals surface area contributed by atoms with Crippen molar-refractivity contribution < 1.29 is 40.3 Å². The first-order valence-electron chi connectivity index (χ1n) is 16.0. The van der Waals surface area contributed by atoms with Gasteiger partial charge in [-0.05, 0) is 59.0 Å². The van der Waals surface area contributed by atoms with Crippen molar-refractivity contribution in [3.05, 3.63) is 105 Å². The molecule has 5 N–H and O–H groups in total. The first kappa shape index (κ1) is 39.8. The summed E-state index contributed by atoms with van der Waals surface area (Å²) >= 11 is 11.8. The standard InChI is InChI=1S/C23H22ClN3O8S2.C12H13ClN2O/c24-17-3-1-15(2-4-17)11-26-5-6-27(18(12-26)13-28)14-35-22-10-20(37(32,33)34)8-16-7-19(36(29,30)31)9-21(25)23(16)22;13-11-3-1-10(2-4-11)7-15-6-5-14-12(8-15)9-16/h1-4,7-10H,5-6,11-12,14,25H2,(H,29,30,31)(H,32,33,34);1-4,14H,5-8H2. The van der Waals surface area contributed by atoms with Crippen LogP contribution in [0.25, 0.3) is 10.8 Å². The number of nitrogens with one attached hydrogen (secondary N) is 1. The number of halogens is 2. The minimum atomic E-state index is -4.71. The SMILES string of the molecule is Nc1cc(S(=O)(=O)O)cc2cc(S(=O)(=O)O)cc(OCN3CCN(Cc4ccc(Cl)cc4)CC3=C=O)c12.O=C=C1CN(Cc2ccc(Cl)cc2)CCN1. The molecular formula is C35H35Cl2N5O9S2. The number of ether oxygens (including phenoxy) is 1. The van der Waals surface area contributed by atoms with Crippen LogP contribution in [-0.4, -0.2) is 98.5 Å². The van der Waals surface area contributed by atoms with Gasteiger partial charge in [0.15, 0.2) is 6.73 Å². The Balaban J connectivity index is 0.000000281. The Morgan fingerprint density at radius 2 is 1.30 bits per heavy atom. The molecule has 18 heteroatoms. The predicted octanol–water partition coefficient (Wildman–Crippen LogP) is 3.90. The van der Waals surface area contributed by atoms with Gasteiger partial charge in [0, 0.05) is 79.5 Å². The molecule has 0 spiro atoms. The van der Waals surface area contributed by atoms with E-state index in [-0.39, 0.29) is 28.9 Å². The Kier molecular flexibility index (Phi) is 12.9. The zero-order chi connectivity index (χ0) is 38.3. The van der Waals surface area contributed by atoms with Crippen molar-refractivity contribution in [1.29, 1.82) is 0 Å². The van der Waals surface area contributed by atoms with E-state index in [1.54, 1.807) is 17.0 Å². The summed E-state index contributed by atoms with van der Waals surface area (Å²) in [6, 6.07) is 19.2. The Morgan fingerprint density at radius 1 is 0.755 bits per heavy atom. The van der Waals surface area contributed by atoms with E-state index in [9.17, 15) is 35.5 Å². The van der Waals surface area contributed by atoms with E-state index in [1.165, 1.54) is 5.56 Å². The highest BCUT2D eigenvalue weighted by Gasteiger charge is 2.24. The summed E-state index contributed by atoms with van der Waals surface area (Å²) in [5, 5.41) is 4.56. The molecule has 53 heavy (non-hydrogen) atoms. The van der Waals surface area contributed by atoms with E-state index in [1.807, 2.05) is 53.2 Å². The lowest BCUT2D eigenvalue weighted by Gasteiger charge is -2.36. The van der Waals surface area contributed by atoms with Crippen molar-refractivity contribution in [1.82, 2.24) is 20.0 Å². The monoisotopic (exact) mass is 803 g/mol. The molecule has 4 aromatic rings. The van der Waals surface area contributed by atoms with Crippen molar-refractivity contribution in [2.75, 3.05) is 51.7 Å². The number of nitrogen functional groups attached to an aromatic ring is 1. The fraction of sp³-hybridized carbons (Fsp3) is 0.257. The summed E-state index contributed by atoms with van der Waals surface area (Å²) in [5.41, 5.74) is 9.08. The summed E-state index contributed by atoms with van der Waals surface area (Å²) in [6.45, 7) is 4.91. The number of rotatable bonds is 9. The summed E-state index contributed by atoms with van der Waals surface area (Å²) in [7, 11) is -9.35. The zero-order valence-electron chi connectivity index (χ0n) is 28.0. The zero-order valence-corrected chi connectivity index (χ0v) is 31.2. The van der Waals surface area contributed by atoms with Gasteiger partial charge in [-0.1, -0.05) is 47.5 Å². The number of carbonyl (C=O) groups excluding carboxylic acids is 2. The van der Waals surface area contributed by atoms with E-state index in [2.05, 4.69) is 10.2 Å². The average molecular weight is 805 g/mol. The van der Waals surface area contributed by atoms with Crippen molar-refractivity contribution in [2.24, 2.45) is 0 Å². The number of fused-ring (bicyclic) bond motifs is 1. The molecule has 6 rings (SSSR count). The van der Waals surface area contributed by atoms with Crippen LogP contribution in [0.1, 0.15) is 11.1 Å². The van der Waals surface area contributed by atoms with E-state index >= 15 is 0 Å². The molecule has 2 aliphatic rings. The maximum atomic E-state index is 11.8. The largest absolute Gasteiger partial charge is 0.472 e. The lowest BCUT2D eigenvalue weighted by atomic mass is 10.1. The average Bonchev–Trinajstić information content (AvgIpc) is 3.12. The second-order valence-corrected chi connectivity index (χ2v) is 16.0. The summed E-state index contributed by atoms with van der Waals surface area (Å²) in [4.78, 5) is 27.0. The third-order valence-electron chi connectivity index (χ3n) is 8.43. The van der Waals surface area contributed by atoms with Crippen LogP contribution < -0.4 is 15.8 Å². The Hall–Kier alpha value is -4.44. The number of piperazine rings is 2. The molecule has 2 heterocycles. The van der Waals surface area contributed by atoms with E-state index in [0.29, 0.717) is 49.1 Å². The van der Waals surface area contributed by atoms with Gasteiger partial charge in [0.25, 0.3) is 20.2 Å². The molecule has 2 fully saturated rings. The molecule has 2 aliphatic heterocycles. The maximum absolute atomic E-state index is 11.8. The molecule has 0 aromatic heterocycles. The molecule has 0 atom stereocenters. The number of hydrogen-bond donors (Lipinski definition) is 4. The van der Waals surface area contributed by atoms with Crippen LogP contribution >= 0.6 is 23.2 Å². The summed E-state index contributed by atoms with van der Waals surface area (Å²) < 4.78 is 71.6. The highest BCUT2D eigenvalue weighted by molar-refractivity contribution is 7.86. The van der Waals surface area contributed by atoms with Gasteiger partial charge in [0.05, 0.1) is 9.79 Å². The minimum Gasteiger partial charge on any atom is -0.472 e. The molecule has 0 aliphatic carbocycles. The van der Waals surface area contributed by atoms with E-state index < -0.39 is 30.0 Å². The van der Waals surface area contributed by atoms with Crippen molar-refractivity contribution in [3.63, 3.8) is 0 Å².